The quantitative estimate of drug-likeness (QED) is 0.853. The van der Waals surface area contributed by atoms with E-state index in [1.807, 2.05) is 6.92 Å². The van der Waals surface area contributed by atoms with Crippen LogP contribution in [-0.4, -0.2) is 9.78 Å². The summed E-state index contributed by atoms with van der Waals surface area (Å²) in [5.41, 5.74) is 6.94. The monoisotopic (exact) mass is 271 g/mol. The summed E-state index contributed by atoms with van der Waals surface area (Å²) in [5, 5.41) is 3.87. The molecule has 0 spiro atoms. The molecule has 1 aromatic carbocycles. The van der Waals surface area contributed by atoms with Gasteiger partial charge in [0, 0.05) is 18.2 Å². The first-order valence-corrected chi connectivity index (χ1v) is 5.79. The predicted molar refractivity (Wildman–Crippen MR) is 67.4 cm³/mol. The molecule has 2 rings (SSSR count). The Kier molecular flexibility index (Phi) is 3.26. The van der Waals surface area contributed by atoms with Crippen LogP contribution in [0.5, 0.6) is 0 Å². The van der Waals surface area contributed by atoms with E-state index in [2.05, 4.69) is 5.10 Å². The summed E-state index contributed by atoms with van der Waals surface area (Å²) in [5.74, 6) is -0.851. The fraction of sp³-hybridized carbons (Fsp3) is 0.250. The summed E-state index contributed by atoms with van der Waals surface area (Å²) in [6.07, 6.45) is 0.582. The second-order valence-corrected chi connectivity index (χ2v) is 4.34. The van der Waals surface area contributed by atoms with E-state index >= 15 is 0 Å². The van der Waals surface area contributed by atoms with E-state index in [9.17, 15) is 8.78 Å². The van der Waals surface area contributed by atoms with Crippen molar-refractivity contribution in [1.29, 1.82) is 0 Å². The van der Waals surface area contributed by atoms with E-state index in [0.717, 1.165) is 12.1 Å². The topological polar surface area (TPSA) is 43.8 Å². The molecular formula is C12H12ClF2N3. The van der Waals surface area contributed by atoms with E-state index in [4.69, 9.17) is 17.3 Å². The zero-order valence-corrected chi connectivity index (χ0v) is 10.7. The molecule has 0 radical (unpaired) electrons. The predicted octanol–water partition coefficient (Wildman–Crippen LogP) is 3.16. The number of aryl methyl sites for hydroxylation is 1. The van der Waals surface area contributed by atoms with Gasteiger partial charge in [-0.3, -0.25) is 4.68 Å². The smallest absolute Gasteiger partial charge is 0.142 e. The molecule has 0 aliphatic heterocycles. The third-order valence-corrected chi connectivity index (χ3v) is 3.10. The van der Waals surface area contributed by atoms with Gasteiger partial charge in [0.2, 0.25) is 0 Å². The van der Waals surface area contributed by atoms with Crippen LogP contribution in [0, 0.1) is 11.6 Å². The highest BCUT2D eigenvalue weighted by atomic mass is 35.5. The lowest BCUT2D eigenvalue weighted by Gasteiger charge is -2.04. The molecule has 1 heterocycles. The maximum atomic E-state index is 13.8. The summed E-state index contributed by atoms with van der Waals surface area (Å²) in [6, 6.07) is 1.98. The molecule has 0 amide bonds. The first-order chi connectivity index (χ1) is 8.45. The van der Waals surface area contributed by atoms with Crippen molar-refractivity contribution in [3.05, 3.63) is 34.4 Å². The molecule has 2 aromatic rings. The van der Waals surface area contributed by atoms with Crippen molar-refractivity contribution >= 4 is 17.4 Å². The fourth-order valence-corrected chi connectivity index (χ4v) is 2.00. The first kappa shape index (κ1) is 12.8. The number of hydrogen-bond acceptors (Lipinski definition) is 2. The van der Waals surface area contributed by atoms with Gasteiger partial charge in [0.1, 0.15) is 23.1 Å². The minimum absolute atomic E-state index is 0.0704. The van der Waals surface area contributed by atoms with Gasteiger partial charge < -0.3 is 5.73 Å². The van der Waals surface area contributed by atoms with Crippen LogP contribution in [0.25, 0.3) is 11.3 Å². The van der Waals surface area contributed by atoms with Crippen molar-refractivity contribution in [2.24, 2.45) is 7.05 Å². The molecule has 0 aliphatic rings. The van der Waals surface area contributed by atoms with Gasteiger partial charge in [0.05, 0.1) is 5.02 Å². The van der Waals surface area contributed by atoms with Gasteiger partial charge in [0.15, 0.2) is 0 Å². The molecule has 0 fully saturated rings. The van der Waals surface area contributed by atoms with Gasteiger partial charge in [0.25, 0.3) is 0 Å². The number of hydrogen-bond donors (Lipinski definition) is 1. The van der Waals surface area contributed by atoms with Crippen molar-refractivity contribution in [3.63, 3.8) is 0 Å². The Morgan fingerprint density at radius 1 is 1.33 bits per heavy atom. The largest absolute Gasteiger partial charge is 0.384 e. The average Bonchev–Trinajstić information content (AvgIpc) is 2.60. The molecule has 2 N–H and O–H groups in total. The molecular weight excluding hydrogens is 260 g/mol. The maximum Gasteiger partial charge on any atom is 0.142 e. The van der Waals surface area contributed by atoms with Crippen LogP contribution in [0.1, 0.15) is 12.5 Å². The average molecular weight is 272 g/mol. The van der Waals surface area contributed by atoms with Crippen LogP contribution < -0.4 is 5.73 Å². The van der Waals surface area contributed by atoms with E-state index < -0.39 is 11.6 Å². The van der Waals surface area contributed by atoms with Crippen molar-refractivity contribution in [2.45, 2.75) is 13.3 Å². The van der Waals surface area contributed by atoms with E-state index in [1.165, 1.54) is 4.68 Å². The molecule has 0 saturated heterocycles. The zero-order valence-electron chi connectivity index (χ0n) is 9.97. The van der Waals surface area contributed by atoms with Crippen LogP contribution >= 0.6 is 11.6 Å². The molecule has 96 valence electrons. The Labute approximate surface area is 108 Å². The SMILES string of the molecule is CCc1c(-c2cc(F)c(Cl)cc2F)nn(C)c1N. The van der Waals surface area contributed by atoms with Gasteiger partial charge in [-0.25, -0.2) is 8.78 Å². The van der Waals surface area contributed by atoms with Crippen LogP contribution in [-0.2, 0) is 13.5 Å². The van der Waals surface area contributed by atoms with Crippen molar-refractivity contribution < 1.29 is 8.78 Å². The Bertz CT molecular complexity index is 608. The highest BCUT2D eigenvalue weighted by Gasteiger charge is 2.18. The van der Waals surface area contributed by atoms with E-state index in [1.54, 1.807) is 7.05 Å². The molecule has 0 saturated carbocycles. The third kappa shape index (κ3) is 1.95. The Morgan fingerprint density at radius 2 is 2.00 bits per heavy atom. The minimum atomic E-state index is -0.681. The van der Waals surface area contributed by atoms with Gasteiger partial charge in [-0.05, 0) is 18.6 Å². The van der Waals surface area contributed by atoms with Crippen LogP contribution in [0.15, 0.2) is 12.1 Å². The summed E-state index contributed by atoms with van der Waals surface area (Å²) >= 11 is 5.52. The Hall–Kier alpha value is -1.62. The standard InChI is InChI=1S/C12H12ClF2N3/c1-3-6-11(17-18(2)12(6)16)7-4-10(15)8(13)5-9(7)14/h4-5H,3,16H2,1-2H3. The molecule has 0 aliphatic carbocycles. The molecule has 18 heavy (non-hydrogen) atoms. The lowest BCUT2D eigenvalue weighted by atomic mass is 10.1. The number of nitrogen functional groups attached to an aromatic ring is 1. The molecule has 0 bridgehead atoms. The summed E-state index contributed by atoms with van der Waals surface area (Å²) < 4.78 is 28.7. The summed E-state index contributed by atoms with van der Waals surface area (Å²) in [4.78, 5) is 0. The van der Waals surface area contributed by atoms with Crippen LogP contribution in [0.2, 0.25) is 5.02 Å². The summed E-state index contributed by atoms with van der Waals surface area (Å²) in [6.45, 7) is 1.88. The number of nitrogens with two attached hydrogens (primary N) is 1. The fourth-order valence-electron chi connectivity index (χ4n) is 1.85. The number of aromatic nitrogens is 2. The number of nitrogens with zero attached hydrogens (tertiary/aromatic N) is 2. The lowest BCUT2D eigenvalue weighted by molar-refractivity contribution is 0.602. The minimum Gasteiger partial charge on any atom is -0.384 e. The second-order valence-electron chi connectivity index (χ2n) is 3.94. The first-order valence-electron chi connectivity index (χ1n) is 5.42. The van der Waals surface area contributed by atoms with E-state index in [-0.39, 0.29) is 10.6 Å². The number of halogens is 3. The van der Waals surface area contributed by atoms with Crippen LogP contribution in [0.3, 0.4) is 0 Å². The molecule has 1 aromatic heterocycles. The second kappa shape index (κ2) is 4.57. The highest BCUT2D eigenvalue weighted by molar-refractivity contribution is 6.30. The van der Waals surface area contributed by atoms with Gasteiger partial charge in [-0.1, -0.05) is 18.5 Å². The molecule has 0 unspecified atom stereocenters. The number of benzene rings is 1. The molecule has 3 nitrogen and oxygen atoms in total. The van der Waals surface area contributed by atoms with Crippen molar-refractivity contribution in [2.75, 3.05) is 5.73 Å². The third-order valence-electron chi connectivity index (χ3n) is 2.81. The van der Waals surface area contributed by atoms with Gasteiger partial charge in [-0.2, -0.15) is 5.10 Å². The maximum absolute atomic E-state index is 13.8. The number of anilines is 1. The zero-order chi connectivity index (χ0) is 13.4. The molecule has 6 heteroatoms. The van der Waals surface area contributed by atoms with Gasteiger partial charge in [-0.15, -0.1) is 0 Å². The van der Waals surface area contributed by atoms with E-state index in [0.29, 0.717) is 23.5 Å². The Morgan fingerprint density at radius 3 is 2.61 bits per heavy atom. The van der Waals surface area contributed by atoms with Gasteiger partial charge >= 0.3 is 0 Å². The van der Waals surface area contributed by atoms with Crippen molar-refractivity contribution in [3.8, 4) is 11.3 Å². The number of rotatable bonds is 2. The highest BCUT2D eigenvalue weighted by Crippen LogP contribution is 2.31. The lowest BCUT2D eigenvalue weighted by Crippen LogP contribution is -1.98. The van der Waals surface area contributed by atoms with Crippen LogP contribution in [0.4, 0.5) is 14.6 Å². The Balaban J connectivity index is 2.69. The molecule has 0 atom stereocenters. The normalized spacial score (nSPS) is 10.9. The summed E-state index contributed by atoms with van der Waals surface area (Å²) in [7, 11) is 1.65. The van der Waals surface area contributed by atoms with Crippen molar-refractivity contribution in [1.82, 2.24) is 9.78 Å².